The van der Waals surface area contributed by atoms with E-state index in [0.717, 1.165) is 5.75 Å². The average molecular weight is 229 g/mol. The van der Waals surface area contributed by atoms with E-state index in [1.165, 1.54) is 0 Å². The molecule has 0 aromatic heterocycles. The van der Waals surface area contributed by atoms with Gasteiger partial charge in [-0.15, -0.1) is 0 Å². The molecule has 0 fully saturated rings. The third-order valence-corrected chi connectivity index (χ3v) is 2.89. The molecule has 0 saturated heterocycles. The Labute approximate surface area is 95.8 Å². The smallest absolute Gasteiger partial charge is 0.119 e. The van der Waals surface area contributed by atoms with E-state index in [2.05, 4.69) is 0 Å². The highest BCUT2D eigenvalue weighted by Crippen LogP contribution is 2.19. The van der Waals surface area contributed by atoms with Crippen LogP contribution in [-0.4, -0.2) is 17.3 Å². The monoisotopic (exact) mass is 228 g/mol. The van der Waals surface area contributed by atoms with Crippen LogP contribution in [-0.2, 0) is 0 Å². The summed E-state index contributed by atoms with van der Waals surface area (Å²) in [5.41, 5.74) is -0.723. The van der Waals surface area contributed by atoms with Gasteiger partial charge in [-0.1, -0.05) is 25.4 Å². The maximum Gasteiger partial charge on any atom is 0.119 e. The highest BCUT2D eigenvalue weighted by Gasteiger charge is 2.22. The Morgan fingerprint density at radius 2 is 1.73 bits per heavy atom. The molecule has 0 amide bonds. The van der Waals surface area contributed by atoms with Gasteiger partial charge in [-0.3, -0.25) is 0 Å². The van der Waals surface area contributed by atoms with E-state index in [1.807, 2.05) is 13.8 Å². The Bertz CT molecular complexity index is 291. The Kier molecular flexibility index (Phi) is 4.43. The van der Waals surface area contributed by atoms with E-state index in [9.17, 15) is 5.11 Å². The molecule has 2 nitrogen and oxygen atoms in total. The van der Waals surface area contributed by atoms with Crippen LogP contribution in [0.4, 0.5) is 0 Å². The number of halogens is 1. The van der Waals surface area contributed by atoms with Gasteiger partial charge < -0.3 is 9.84 Å². The van der Waals surface area contributed by atoms with Gasteiger partial charge in [0.25, 0.3) is 0 Å². The number of aliphatic hydroxyl groups is 1. The molecule has 3 heteroatoms. The third-order valence-electron chi connectivity index (χ3n) is 2.64. The fourth-order valence-electron chi connectivity index (χ4n) is 1.20. The minimum Gasteiger partial charge on any atom is -0.491 e. The van der Waals surface area contributed by atoms with Gasteiger partial charge in [0, 0.05) is 5.02 Å². The summed E-state index contributed by atoms with van der Waals surface area (Å²) in [4.78, 5) is 0. The minimum absolute atomic E-state index is 0.321. The molecule has 0 unspecified atom stereocenters. The molecule has 0 spiro atoms. The quantitative estimate of drug-likeness (QED) is 0.838. The SMILES string of the molecule is CCC(O)(CC)COc1ccc(Cl)cc1. The zero-order valence-electron chi connectivity index (χ0n) is 9.16. The Morgan fingerprint density at radius 1 is 1.20 bits per heavy atom. The number of hydrogen-bond acceptors (Lipinski definition) is 2. The van der Waals surface area contributed by atoms with Crippen molar-refractivity contribution in [3.8, 4) is 5.75 Å². The number of benzene rings is 1. The molecule has 15 heavy (non-hydrogen) atoms. The topological polar surface area (TPSA) is 29.5 Å². The average Bonchev–Trinajstić information content (AvgIpc) is 2.28. The molecule has 0 aliphatic carbocycles. The van der Waals surface area contributed by atoms with E-state index in [0.29, 0.717) is 24.5 Å². The molecular weight excluding hydrogens is 212 g/mol. The van der Waals surface area contributed by atoms with Crippen molar-refractivity contribution < 1.29 is 9.84 Å². The molecule has 0 atom stereocenters. The maximum absolute atomic E-state index is 9.99. The minimum atomic E-state index is -0.723. The molecule has 0 bridgehead atoms. The summed E-state index contributed by atoms with van der Waals surface area (Å²) >= 11 is 5.75. The fraction of sp³-hybridized carbons (Fsp3) is 0.500. The van der Waals surface area contributed by atoms with E-state index < -0.39 is 5.60 Å². The molecule has 0 aliphatic heterocycles. The zero-order chi connectivity index (χ0) is 11.3. The molecule has 1 aromatic rings. The first-order valence-corrected chi connectivity index (χ1v) is 5.58. The predicted octanol–water partition coefficient (Wildman–Crippen LogP) is 3.27. The zero-order valence-corrected chi connectivity index (χ0v) is 9.92. The van der Waals surface area contributed by atoms with Crippen molar-refractivity contribution in [1.82, 2.24) is 0 Å². The number of hydrogen-bond donors (Lipinski definition) is 1. The lowest BCUT2D eigenvalue weighted by Crippen LogP contribution is -2.34. The molecule has 0 aliphatic rings. The van der Waals surface area contributed by atoms with Crippen molar-refractivity contribution >= 4 is 11.6 Å². The van der Waals surface area contributed by atoms with Crippen molar-refractivity contribution in [3.63, 3.8) is 0 Å². The first kappa shape index (κ1) is 12.3. The van der Waals surface area contributed by atoms with Gasteiger partial charge in [-0.05, 0) is 37.1 Å². The van der Waals surface area contributed by atoms with Gasteiger partial charge in [0.1, 0.15) is 12.4 Å². The van der Waals surface area contributed by atoms with E-state index in [1.54, 1.807) is 24.3 Å². The van der Waals surface area contributed by atoms with Crippen molar-refractivity contribution in [2.75, 3.05) is 6.61 Å². The van der Waals surface area contributed by atoms with Crippen LogP contribution in [0.5, 0.6) is 5.75 Å². The fourth-order valence-corrected chi connectivity index (χ4v) is 1.33. The Hall–Kier alpha value is -0.730. The van der Waals surface area contributed by atoms with Crippen LogP contribution < -0.4 is 4.74 Å². The Morgan fingerprint density at radius 3 is 2.20 bits per heavy atom. The summed E-state index contributed by atoms with van der Waals surface area (Å²) in [6, 6.07) is 7.14. The van der Waals surface area contributed by atoms with Crippen LogP contribution in [0.25, 0.3) is 0 Å². The second kappa shape index (κ2) is 5.38. The molecule has 1 aromatic carbocycles. The van der Waals surface area contributed by atoms with Gasteiger partial charge in [-0.2, -0.15) is 0 Å². The van der Waals surface area contributed by atoms with Crippen LogP contribution in [0.15, 0.2) is 24.3 Å². The lowest BCUT2D eigenvalue weighted by Gasteiger charge is -2.25. The highest BCUT2D eigenvalue weighted by molar-refractivity contribution is 6.30. The molecule has 0 radical (unpaired) electrons. The molecule has 1 N–H and O–H groups in total. The second-order valence-electron chi connectivity index (χ2n) is 3.67. The van der Waals surface area contributed by atoms with Crippen molar-refractivity contribution in [1.29, 1.82) is 0 Å². The van der Waals surface area contributed by atoms with Crippen LogP contribution >= 0.6 is 11.6 Å². The predicted molar refractivity (Wildman–Crippen MR) is 62.5 cm³/mol. The first-order valence-electron chi connectivity index (χ1n) is 5.20. The van der Waals surface area contributed by atoms with Crippen molar-refractivity contribution in [2.45, 2.75) is 32.3 Å². The third kappa shape index (κ3) is 3.73. The number of rotatable bonds is 5. The van der Waals surface area contributed by atoms with Gasteiger partial charge in [0.05, 0.1) is 5.60 Å². The second-order valence-corrected chi connectivity index (χ2v) is 4.11. The first-order chi connectivity index (χ1) is 7.09. The molecule has 0 heterocycles. The summed E-state index contributed by atoms with van der Waals surface area (Å²) in [6.45, 7) is 4.23. The van der Waals surface area contributed by atoms with Gasteiger partial charge >= 0.3 is 0 Å². The molecule has 0 saturated carbocycles. The summed E-state index contributed by atoms with van der Waals surface area (Å²) in [7, 11) is 0. The van der Waals surface area contributed by atoms with Crippen molar-refractivity contribution in [2.24, 2.45) is 0 Å². The summed E-state index contributed by atoms with van der Waals surface area (Å²) in [5, 5.41) is 10.7. The van der Waals surface area contributed by atoms with E-state index in [4.69, 9.17) is 16.3 Å². The van der Waals surface area contributed by atoms with Crippen LogP contribution in [0.2, 0.25) is 5.02 Å². The lowest BCUT2D eigenvalue weighted by atomic mass is 9.99. The summed E-state index contributed by atoms with van der Waals surface area (Å²) in [6.07, 6.45) is 1.38. The van der Waals surface area contributed by atoms with E-state index >= 15 is 0 Å². The normalized spacial score (nSPS) is 11.5. The van der Waals surface area contributed by atoms with Gasteiger partial charge in [-0.25, -0.2) is 0 Å². The maximum atomic E-state index is 9.99. The Balaban J connectivity index is 2.53. The summed E-state index contributed by atoms with van der Waals surface area (Å²) < 4.78 is 5.50. The van der Waals surface area contributed by atoms with E-state index in [-0.39, 0.29) is 0 Å². The largest absolute Gasteiger partial charge is 0.491 e. The standard InChI is InChI=1S/C12H17ClO2/c1-3-12(14,4-2)9-15-11-7-5-10(13)6-8-11/h5-8,14H,3-4,9H2,1-2H3. The molecular formula is C12H17ClO2. The van der Waals surface area contributed by atoms with Gasteiger partial charge in [0.15, 0.2) is 0 Å². The summed E-state index contributed by atoms with van der Waals surface area (Å²) in [5.74, 6) is 0.736. The van der Waals surface area contributed by atoms with Crippen molar-refractivity contribution in [3.05, 3.63) is 29.3 Å². The number of ether oxygens (including phenoxy) is 1. The molecule has 84 valence electrons. The lowest BCUT2D eigenvalue weighted by molar-refractivity contribution is -0.0113. The van der Waals surface area contributed by atoms with Crippen LogP contribution in [0, 0.1) is 0 Å². The van der Waals surface area contributed by atoms with Crippen LogP contribution in [0.1, 0.15) is 26.7 Å². The molecule has 1 rings (SSSR count). The van der Waals surface area contributed by atoms with Crippen LogP contribution in [0.3, 0.4) is 0 Å². The van der Waals surface area contributed by atoms with Gasteiger partial charge in [0.2, 0.25) is 0 Å². The highest BCUT2D eigenvalue weighted by atomic mass is 35.5.